The van der Waals surface area contributed by atoms with Crippen molar-refractivity contribution in [3.8, 4) is 5.75 Å². The quantitative estimate of drug-likeness (QED) is 0.329. The summed E-state index contributed by atoms with van der Waals surface area (Å²) in [5, 5.41) is 5.67. The van der Waals surface area contributed by atoms with Gasteiger partial charge in [-0.3, -0.25) is 9.59 Å². The minimum atomic E-state index is -0.932. The van der Waals surface area contributed by atoms with Gasteiger partial charge in [0.25, 0.3) is 5.91 Å². The van der Waals surface area contributed by atoms with Crippen LogP contribution in [0.15, 0.2) is 42.5 Å². The van der Waals surface area contributed by atoms with Crippen molar-refractivity contribution in [2.24, 2.45) is 5.92 Å². The van der Waals surface area contributed by atoms with Gasteiger partial charge in [0, 0.05) is 11.7 Å². The first-order valence-corrected chi connectivity index (χ1v) is 14.0. The van der Waals surface area contributed by atoms with E-state index in [-0.39, 0.29) is 17.9 Å². The number of carbonyl (C=O) groups excluding carboxylic acids is 3. The predicted octanol–water partition coefficient (Wildman–Crippen LogP) is 6.56. The van der Waals surface area contributed by atoms with Gasteiger partial charge in [0.1, 0.15) is 23.4 Å². The van der Waals surface area contributed by atoms with Crippen LogP contribution in [0.5, 0.6) is 5.75 Å². The molecule has 8 heteroatoms. The van der Waals surface area contributed by atoms with Gasteiger partial charge in [-0.15, -0.1) is 0 Å². The van der Waals surface area contributed by atoms with Gasteiger partial charge < -0.3 is 25.0 Å². The first-order valence-electron chi connectivity index (χ1n) is 14.0. The fraction of sp³-hybridized carbons (Fsp3) is 0.531. The normalized spacial score (nSPS) is 13.7. The SMILES string of the molecule is COc1ccc(NC(=O)C(c2cc(C)cc(C)c2)N(C(=O)C(C)NC(=O)OC(C)(C)C)C(C)CCC(C)C)cc1. The number of hydrogen-bond donors (Lipinski definition) is 2. The van der Waals surface area contributed by atoms with Crippen molar-refractivity contribution < 1.29 is 23.9 Å². The number of benzene rings is 2. The lowest BCUT2D eigenvalue weighted by Gasteiger charge is -2.38. The molecule has 0 saturated carbocycles. The van der Waals surface area contributed by atoms with Crippen LogP contribution < -0.4 is 15.4 Å². The van der Waals surface area contributed by atoms with Crippen LogP contribution in [0.2, 0.25) is 0 Å². The van der Waals surface area contributed by atoms with Crippen molar-refractivity contribution >= 4 is 23.6 Å². The first kappa shape index (κ1) is 32.7. The highest BCUT2D eigenvalue weighted by Gasteiger charge is 2.37. The van der Waals surface area contributed by atoms with Crippen LogP contribution in [-0.4, -0.2) is 47.6 Å². The molecule has 2 rings (SSSR count). The fourth-order valence-corrected chi connectivity index (χ4v) is 4.57. The van der Waals surface area contributed by atoms with Crippen molar-refractivity contribution in [1.82, 2.24) is 10.2 Å². The van der Waals surface area contributed by atoms with E-state index >= 15 is 0 Å². The molecular weight excluding hydrogens is 506 g/mol. The topological polar surface area (TPSA) is 97.0 Å². The van der Waals surface area contributed by atoms with Crippen LogP contribution in [0, 0.1) is 19.8 Å². The van der Waals surface area contributed by atoms with Gasteiger partial charge in [0.15, 0.2) is 0 Å². The van der Waals surface area contributed by atoms with E-state index in [2.05, 4.69) is 24.5 Å². The Labute approximate surface area is 239 Å². The highest BCUT2D eigenvalue weighted by atomic mass is 16.6. The lowest BCUT2D eigenvalue weighted by atomic mass is 9.95. The maximum Gasteiger partial charge on any atom is 0.408 e. The highest BCUT2D eigenvalue weighted by molar-refractivity contribution is 5.99. The third-order valence-corrected chi connectivity index (χ3v) is 6.44. The van der Waals surface area contributed by atoms with Crippen LogP contribution in [0.25, 0.3) is 0 Å². The van der Waals surface area contributed by atoms with E-state index in [9.17, 15) is 14.4 Å². The molecule has 0 radical (unpaired) electrons. The zero-order valence-electron chi connectivity index (χ0n) is 25.8. The van der Waals surface area contributed by atoms with E-state index in [4.69, 9.17) is 9.47 Å². The molecule has 0 spiro atoms. The lowest BCUT2D eigenvalue weighted by Crippen LogP contribution is -2.54. The van der Waals surface area contributed by atoms with Crippen molar-refractivity contribution in [2.75, 3.05) is 12.4 Å². The van der Waals surface area contributed by atoms with Gasteiger partial charge in [-0.25, -0.2) is 4.79 Å². The van der Waals surface area contributed by atoms with Gasteiger partial charge in [0.05, 0.1) is 7.11 Å². The van der Waals surface area contributed by atoms with Gasteiger partial charge in [0.2, 0.25) is 5.91 Å². The van der Waals surface area contributed by atoms with E-state index in [0.717, 1.165) is 17.5 Å². The Morgan fingerprint density at radius 3 is 1.98 bits per heavy atom. The van der Waals surface area contributed by atoms with Gasteiger partial charge >= 0.3 is 6.09 Å². The Kier molecular flexibility index (Phi) is 11.6. The molecule has 40 heavy (non-hydrogen) atoms. The molecule has 3 unspecified atom stereocenters. The molecule has 0 aromatic heterocycles. The number of anilines is 1. The maximum atomic E-state index is 14.1. The number of rotatable bonds is 11. The summed E-state index contributed by atoms with van der Waals surface area (Å²) >= 11 is 0. The molecule has 0 aliphatic carbocycles. The molecule has 0 saturated heterocycles. The second kappa shape index (κ2) is 14.2. The van der Waals surface area contributed by atoms with Crippen LogP contribution in [0.1, 0.15) is 84.0 Å². The van der Waals surface area contributed by atoms with E-state index in [0.29, 0.717) is 29.3 Å². The van der Waals surface area contributed by atoms with Crippen molar-refractivity contribution in [3.05, 3.63) is 59.2 Å². The molecule has 8 nitrogen and oxygen atoms in total. The molecule has 2 aromatic carbocycles. The summed E-state index contributed by atoms with van der Waals surface area (Å²) in [5.74, 6) is 0.384. The Bertz CT molecular complexity index is 1130. The highest BCUT2D eigenvalue weighted by Crippen LogP contribution is 2.30. The van der Waals surface area contributed by atoms with Crippen LogP contribution in [-0.2, 0) is 14.3 Å². The second-order valence-corrected chi connectivity index (χ2v) is 12.0. The summed E-state index contributed by atoms with van der Waals surface area (Å²) < 4.78 is 10.6. The van der Waals surface area contributed by atoms with Crippen molar-refractivity contribution in [2.45, 2.75) is 98.9 Å². The molecule has 3 atom stereocenters. The molecule has 0 aliphatic heterocycles. The van der Waals surface area contributed by atoms with Gasteiger partial charge in [-0.1, -0.05) is 43.2 Å². The van der Waals surface area contributed by atoms with E-state index in [1.165, 1.54) is 0 Å². The van der Waals surface area contributed by atoms with Crippen LogP contribution in [0.4, 0.5) is 10.5 Å². The molecule has 220 valence electrons. The summed E-state index contributed by atoms with van der Waals surface area (Å²) in [4.78, 5) is 42.3. The maximum absolute atomic E-state index is 14.1. The van der Waals surface area contributed by atoms with Gasteiger partial charge in [-0.05, 0) is 97.1 Å². The van der Waals surface area contributed by atoms with Gasteiger partial charge in [-0.2, -0.15) is 0 Å². The monoisotopic (exact) mass is 553 g/mol. The Morgan fingerprint density at radius 1 is 0.900 bits per heavy atom. The van der Waals surface area contributed by atoms with Crippen LogP contribution >= 0.6 is 0 Å². The van der Waals surface area contributed by atoms with Crippen molar-refractivity contribution in [3.63, 3.8) is 0 Å². The van der Waals surface area contributed by atoms with E-state index in [1.54, 1.807) is 64.0 Å². The summed E-state index contributed by atoms with van der Waals surface area (Å²) in [5.41, 5.74) is 2.55. The second-order valence-electron chi connectivity index (χ2n) is 12.0. The number of carbonyl (C=O) groups is 3. The van der Waals surface area contributed by atoms with E-state index in [1.807, 2.05) is 39.0 Å². The summed E-state index contributed by atoms with van der Waals surface area (Å²) in [7, 11) is 1.58. The molecule has 2 N–H and O–H groups in total. The summed E-state index contributed by atoms with van der Waals surface area (Å²) in [6.45, 7) is 17.1. The molecule has 0 heterocycles. The predicted molar refractivity (Wildman–Crippen MR) is 159 cm³/mol. The fourth-order valence-electron chi connectivity index (χ4n) is 4.57. The Hall–Kier alpha value is -3.55. The number of methoxy groups -OCH3 is 1. The lowest BCUT2D eigenvalue weighted by molar-refractivity contribution is -0.143. The number of nitrogens with one attached hydrogen (secondary N) is 2. The average molecular weight is 554 g/mol. The molecule has 3 amide bonds. The summed E-state index contributed by atoms with van der Waals surface area (Å²) in [6, 6.07) is 10.8. The largest absolute Gasteiger partial charge is 0.497 e. The standard InChI is InChI=1S/C32H47N3O5/c1-20(2)11-12-23(5)35(30(37)24(6)33-31(38)40-32(7,8)9)28(25-18-21(3)17-22(4)19-25)29(36)34-26-13-15-27(39-10)16-14-26/h13-20,23-24,28H,11-12H2,1-10H3,(H,33,38)(H,34,36). The molecule has 2 aromatic rings. The smallest absolute Gasteiger partial charge is 0.408 e. The molecule has 0 fully saturated rings. The number of amides is 3. The zero-order valence-corrected chi connectivity index (χ0v) is 25.8. The number of ether oxygens (including phenoxy) is 2. The molecule has 0 bridgehead atoms. The number of aryl methyl sites for hydroxylation is 2. The average Bonchev–Trinajstić information content (AvgIpc) is 2.83. The molecular formula is C32H47N3O5. The zero-order chi connectivity index (χ0) is 30.2. The van der Waals surface area contributed by atoms with E-state index < -0.39 is 23.8 Å². The minimum absolute atomic E-state index is 0.287. The number of alkyl carbamates (subject to hydrolysis) is 1. The minimum Gasteiger partial charge on any atom is -0.497 e. The third-order valence-electron chi connectivity index (χ3n) is 6.44. The van der Waals surface area contributed by atoms with Crippen molar-refractivity contribution in [1.29, 1.82) is 0 Å². The Morgan fingerprint density at radius 2 is 1.48 bits per heavy atom. The number of hydrogen-bond acceptors (Lipinski definition) is 5. The number of nitrogens with zero attached hydrogens (tertiary/aromatic N) is 1. The van der Waals surface area contributed by atoms with Crippen LogP contribution in [0.3, 0.4) is 0 Å². The Balaban J connectivity index is 2.55. The third kappa shape index (κ3) is 9.88. The molecule has 0 aliphatic rings. The summed E-state index contributed by atoms with van der Waals surface area (Å²) in [6.07, 6.45) is 0.881. The first-order chi connectivity index (χ1) is 18.6.